The molecule has 0 saturated carbocycles. The van der Waals surface area contributed by atoms with Gasteiger partial charge in [0.05, 0.1) is 25.4 Å². The van der Waals surface area contributed by atoms with E-state index >= 15 is 0 Å². The fourth-order valence-corrected chi connectivity index (χ4v) is 4.08. The van der Waals surface area contributed by atoms with E-state index in [0.29, 0.717) is 48.5 Å². The summed E-state index contributed by atoms with van der Waals surface area (Å²) in [6, 6.07) is 14.3. The molecule has 0 aliphatic carbocycles. The molecular formula is C25H23F3N4O5S. The van der Waals surface area contributed by atoms with Crippen molar-refractivity contribution < 1.29 is 36.9 Å². The molecule has 2 aliphatic rings. The topological polar surface area (TPSA) is 106 Å². The quantitative estimate of drug-likeness (QED) is 0.319. The Morgan fingerprint density at radius 1 is 1.00 bits per heavy atom. The number of halogens is 3. The minimum absolute atomic E-state index is 0.199. The highest BCUT2D eigenvalue weighted by molar-refractivity contribution is 8.27. The van der Waals surface area contributed by atoms with Crippen molar-refractivity contribution in [1.82, 2.24) is 5.01 Å². The number of fused-ring (bicyclic) bond motifs is 1. The number of hydrazone groups is 1. The molecule has 13 heteroatoms. The molecule has 2 aliphatic heterocycles. The van der Waals surface area contributed by atoms with Gasteiger partial charge in [-0.2, -0.15) is 28.3 Å². The summed E-state index contributed by atoms with van der Waals surface area (Å²) >= 11 is 0.199. The van der Waals surface area contributed by atoms with Crippen LogP contribution >= 0.6 is 11.8 Å². The van der Waals surface area contributed by atoms with Crippen LogP contribution in [0.15, 0.2) is 64.2 Å². The molecule has 38 heavy (non-hydrogen) atoms. The van der Waals surface area contributed by atoms with E-state index in [-0.39, 0.29) is 29.1 Å². The van der Waals surface area contributed by atoms with Crippen LogP contribution in [-0.4, -0.2) is 66.2 Å². The lowest BCUT2D eigenvalue weighted by Gasteiger charge is -2.20. The molecule has 9 nitrogen and oxygen atoms in total. The number of amides is 1. The highest BCUT2D eigenvalue weighted by atomic mass is 32.2. The van der Waals surface area contributed by atoms with E-state index in [1.54, 1.807) is 25.1 Å². The van der Waals surface area contributed by atoms with Gasteiger partial charge in [0.15, 0.2) is 17.3 Å². The number of alkyl halides is 3. The number of ether oxygens (including phenoxy) is 4. The maximum absolute atomic E-state index is 13.0. The van der Waals surface area contributed by atoms with Crippen LogP contribution in [0.25, 0.3) is 6.08 Å². The zero-order valence-electron chi connectivity index (χ0n) is 20.2. The van der Waals surface area contributed by atoms with Gasteiger partial charge in [-0.05, 0) is 54.6 Å². The fraction of sp³-hybridized carbons (Fsp3) is 0.280. The maximum Gasteiger partial charge on any atom is 0.441 e. The first-order valence-electron chi connectivity index (χ1n) is 11.5. The number of benzene rings is 2. The van der Waals surface area contributed by atoms with Gasteiger partial charge in [0.25, 0.3) is 5.91 Å². The normalized spacial score (nSPS) is 16.3. The third-order valence-corrected chi connectivity index (χ3v) is 5.95. The molecule has 0 unspecified atom stereocenters. The molecular weight excluding hydrogens is 525 g/mol. The van der Waals surface area contributed by atoms with Gasteiger partial charge in [-0.15, -0.1) is 0 Å². The van der Waals surface area contributed by atoms with Crippen molar-refractivity contribution in [2.75, 3.05) is 33.0 Å². The summed E-state index contributed by atoms with van der Waals surface area (Å²) in [6.45, 7) is 3.48. The second kappa shape index (κ2) is 12.1. The summed E-state index contributed by atoms with van der Waals surface area (Å²) in [4.78, 5) is 16.1. The van der Waals surface area contributed by atoms with E-state index in [9.17, 15) is 18.0 Å². The molecule has 200 valence electrons. The molecule has 0 aromatic heterocycles. The molecule has 0 saturated heterocycles. The second-order valence-corrected chi connectivity index (χ2v) is 8.64. The van der Waals surface area contributed by atoms with Crippen molar-refractivity contribution in [2.24, 2.45) is 10.1 Å². The van der Waals surface area contributed by atoms with Gasteiger partial charge >= 0.3 is 6.18 Å². The number of hydrogen-bond acceptors (Lipinski definition) is 8. The third kappa shape index (κ3) is 6.72. The average molecular weight is 549 g/mol. The number of carbonyl (C=O) groups is 1. The molecule has 0 radical (unpaired) electrons. The minimum Gasteiger partial charge on any atom is -0.491 e. The lowest BCUT2D eigenvalue weighted by atomic mass is 10.1. The Hall–Kier alpha value is -3.84. The van der Waals surface area contributed by atoms with Gasteiger partial charge < -0.3 is 18.9 Å². The van der Waals surface area contributed by atoms with Crippen LogP contribution in [-0.2, 0) is 9.53 Å². The van der Waals surface area contributed by atoms with Crippen molar-refractivity contribution in [3.8, 4) is 17.2 Å². The molecule has 4 rings (SSSR count). The number of para-hydroxylation sites is 1. The SMILES string of the molecule is CCOc1cc(/C=C2\C(=N)N3N=C(C(F)(F)F)SC3=NC2=O)ccc1OCCOCCOc1ccccc1. The Bertz CT molecular complexity index is 1280. The van der Waals surface area contributed by atoms with Crippen LogP contribution in [0, 0.1) is 5.41 Å². The molecule has 0 fully saturated rings. The van der Waals surface area contributed by atoms with Crippen molar-refractivity contribution >= 4 is 39.8 Å². The Kier molecular flexibility index (Phi) is 8.69. The first kappa shape index (κ1) is 27.2. The Balaban J connectivity index is 1.36. The van der Waals surface area contributed by atoms with Gasteiger partial charge in [0, 0.05) is 0 Å². The van der Waals surface area contributed by atoms with E-state index in [2.05, 4.69) is 10.1 Å². The van der Waals surface area contributed by atoms with Crippen molar-refractivity contribution in [3.63, 3.8) is 0 Å². The minimum atomic E-state index is -4.71. The van der Waals surface area contributed by atoms with Gasteiger partial charge in [-0.1, -0.05) is 24.3 Å². The summed E-state index contributed by atoms with van der Waals surface area (Å²) in [6.07, 6.45) is -3.36. The number of nitrogens with one attached hydrogen (secondary N) is 1. The number of amidine groups is 2. The molecule has 2 heterocycles. The van der Waals surface area contributed by atoms with E-state index in [4.69, 9.17) is 24.4 Å². The lowest BCUT2D eigenvalue weighted by molar-refractivity contribution is -0.114. The standard InChI is InChI=1S/C25H23F3N4O5S/c1-2-35-20-15-16(8-9-19(20)37-13-11-34-10-12-36-17-6-4-3-5-7-17)14-18-21(29)32-24(30-22(18)33)38-23(31-32)25(26,27)28/h3-9,14-15,29H,2,10-13H2,1H3/b18-14+,29-21?. The molecule has 2 aromatic rings. The fourth-order valence-electron chi connectivity index (χ4n) is 3.32. The van der Waals surface area contributed by atoms with Gasteiger partial charge in [0.1, 0.15) is 19.0 Å². The molecule has 0 spiro atoms. The summed E-state index contributed by atoms with van der Waals surface area (Å²) in [5, 5.41) is 10.8. The van der Waals surface area contributed by atoms with Crippen molar-refractivity contribution in [2.45, 2.75) is 13.1 Å². The van der Waals surface area contributed by atoms with Crippen molar-refractivity contribution in [1.29, 1.82) is 5.41 Å². The largest absolute Gasteiger partial charge is 0.491 e. The maximum atomic E-state index is 13.0. The summed E-state index contributed by atoms with van der Waals surface area (Å²) < 4.78 is 61.5. The summed E-state index contributed by atoms with van der Waals surface area (Å²) in [7, 11) is 0. The van der Waals surface area contributed by atoms with E-state index < -0.39 is 23.0 Å². The van der Waals surface area contributed by atoms with E-state index in [0.717, 1.165) is 5.75 Å². The zero-order valence-corrected chi connectivity index (χ0v) is 21.0. The molecule has 2 aromatic carbocycles. The number of thioether (sulfide) groups is 1. The Labute approximate surface area is 220 Å². The van der Waals surface area contributed by atoms with Gasteiger partial charge in [-0.3, -0.25) is 10.2 Å². The monoisotopic (exact) mass is 548 g/mol. The predicted molar refractivity (Wildman–Crippen MR) is 137 cm³/mol. The Morgan fingerprint density at radius 2 is 1.74 bits per heavy atom. The summed E-state index contributed by atoms with van der Waals surface area (Å²) in [5.41, 5.74) is 0.262. The van der Waals surface area contributed by atoms with Crippen LogP contribution in [0.4, 0.5) is 13.2 Å². The number of carbonyl (C=O) groups excluding carboxylic acids is 1. The smallest absolute Gasteiger partial charge is 0.441 e. The molecule has 1 N–H and O–H groups in total. The first-order valence-corrected chi connectivity index (χ1v) is 12.3. The number of hydrogen-bond donors (Lipinski definition) is 1. The van der Waals surface area contributed by atoms with Crippen LogP contribution < -0.4 is 14.2 Å². The molecule has 0 bridgehead atoms. The number of aliphatic imine (C=N–C) groups is 1. The Morgan fingerprint density at radius 3 is 2.45 bits per heavy atom. The van der Waals surface area contributed by atoms with Crippen LogP contribution in [0.5, 0.6) is 17.2 Å². The first-order chi connectivity index (χ1) is 18.3. The van der Waals surface area contributed by atoms with Crippen LogP contribution in [0.1, 0.15) is 12.5 Å². The van der Waals surface area contributed by atoms with Gasteiger partial charge in [-0.25, -0.2) is 0 Å². The van der Waals surface area contributed by atoms with Crippen molar-refractivity contribution in [3.05, 3.63) is 59.7 Å². The van der Waals surface area contributed by atoms with Crippen LogP contribution in [0.2, 0.25) is 0 Å². The average Bonchev–Trinajstić information content (AvgIpc) is 3.33. The van der Waals surface area contributed by atoms with E-state index in [1.165, 1.54) is 6.08 Å². The lowest BCUT2D eigenvalue weighted by Crippen LogP contribution is -2.35. The molecule has 0 atom stereocenters. The highest BCUT2D eigenvalue weighted by Gasteiger charge is 2.46. The van der Waals surface area contributed by atoms with Crippen LogP contribution in [0.3, 0.4) is 0 Å². The number of rotatable bonds is 11. The van der Waals surface area contributed by atoms with E-state index in [1.807, 2.05) is 30.3 Å². The predicted octanol–water partition coefficient (Wildman–Crippen LogP) is 4.74. The summed E-state index contributed by atoms with van der Waals surface area (Å²) in [5.74, 6) is 0.262. The number of nitrogens with zero attached hydrogens (tertiary/aromatic N) is 3. The second-order valence-electron chi connectivity index (χ2n) is 7.68. The molecule has 1 amide bonds. The van der Waals surface area contributed by atoms with Gasteiger partial charge in [0.2, 0.25) is 10.2 Å². The highest BCUT2D eigenvalue weighted by Crippen LogP contribution is 2.36. The third-order valence-electron chi connectivity index (χ3n) is 5.00. The zero-order chi connectivity index (χ0) is 27.1.